The van der Waals surface area contributed by atoms with E-state index in [0.717, 1.165) is 5.75 Å². The molecule has 0 saturated carbocycles. The van der Waals surface area contributed by atoms with Gasteiger partial charge in [-0.2, -0.15) is 0 Å². The zero-order chi connectivity index (χ0) is 5.28. The van der Waals surface area contributed by atoms with Crippen molar-refractivity contribution in [1.29, 1.82) is 0 Å². The van der Waals surface area contributed by atoms with Crippen LogP contribution in [0.4, 0.5) is 0 Å². The topological polar surface area (TPSA) is 38.0 Å². The molecule has 7 heavy (non-hydrogen) atoms. The number of nitrogens with two attached hydrogens (primary N) is 1. The van der Waals surface area contributed by atoms with Gasteiger partial charge in [-0.05, 0) is 6.92 Å². The van der Waals surface area contributed by atoms with Gasteiger partial charge < -0.3 is 5.73 Å². The largest absolute Gasteiger partial charge is 0.326 e. The van der Waals surface area contributed by atoms with Gasteiger partial charge in [0.15, 0.2) is 0 Å². The molecule has 1 fully saturated rings. The van der Waals surface area contributed by atoms with Crippen molar-refractivity contribution >= 4 is 11.9 Å². The molecule has 0 spiro atoms. The first-order chi connectivity index (χ1) is 3.30. The maximum Gasteiger partial charge on any atom is 0.0305 e. The molecule has 1 heterocycles. The highest BCUT2D eigenvalue weighted by Crippen LogP contribution is 2.09. The zero-order valence-electron chi connectivity index (χ0n) is 4.35. The van der Waals surface area contributed by atoms with E-state index in [0.29, 0.717) is 12.1 Å². The van der Waals surface area contributed by atoms with Gasteiger partial charge in [0.25, 0.3) is 0 Å². The first-order valence-electron chi connectivity index (χ1n) is 2.43. The molecule has 2 nitrogen and oxygen atoms in total. The normalized spacial score (nSPS) is 42.0. The number of rotatable bonds is 0. The Morgan fingerprint density at radius 1 is 1.86 bits per heavy atom. The summed E-state index contributed by atoms with van der Waals surface area (Å²) in [4.78, 5) is 0. The van der Waals surface area contributed by atoms with Gasteiger partial charge in [-0.3, -0.25) is 4.72 Å². The Morgan fingerprint density at radius 2 is 2.57 bits per heavy atom. The molecule has 42 valence electrons. The van der Waals surface area contributed by atoms with Gasteiger partial charge in [-0.25, -0.2) is 0 Å². The van der Waals surface area contributed by atoms with Crippen LogP contribution in [0.3, 0.4) is 0 Å². The summed E-state index contributed by atoms with van der Waals surface area (Å²) in [6, 6.07) is 0.870. The molecule has 0 aromatic rings. The van der Waals surface area contributed by atoms with Crippen LogP contribution in [-0.4, -0.2) is 17.8 Å². The Labute approximate surface area is 48.0 Å². The maximum atomic E-state index is 5.59. The summed E-state index contributed by atoms with van der Waals surface area (Å²) in [7, 11) is 0. The third-order valence-corrected chi connectivity index (χ3v) is 2.28. The van der Waals surface area contributed by atoms with Crippen molar-refractivity contribution in [2.45, 2.75) is 19.0 Å². The molecule has 0 amide bonds. The molecule has 2 unspecified atom stereocenters. The molecule has 3 N–H and O–H groups in total. The average Bonchev–Trinajstić information content (AvgIpc) is 1.91. The van der Waals surface area contributed by atoms with Crippen molar-refractivity contribution in [2.75, 3.05) is 5.75 Å². The second-order valence-electron chi connectivity index (χ2n) is 1.88. The van der Waals surface area contributed by atoms with Crippen LogP contribution in [0.2, 0.25) is 0 Å². The van der Waals surface area contributed by atoms with Gasteiger partial charge in [0, 0.05) is 17.8 Å². The second kappa shape index (κ2) is 2.03. The third-order valence-electron chi connectivity index (χ3n) is 1.19. The van der Waals surface area contributed by atoms with Crippen molar-refractivity contribution in [3.63, 3.8) is 0 Å². The van der Waals surface area contributed by atoms with Crippen LogP contribution in [0, 0.1) is 0 Å². The van der Waals surface area contributed by atoms with E-state index in [2.05, 4.69) is 11.6 Å². The predicted molar refractivity (Wildman–Crippen MR) is 33.0 cm³/mol. The number of hydrogen-bond donors (Lipinski definition) is 2. The minimum Gasteiger partial charge on any atom is -0.326 e. The standard InChI is InChI=1S/C4H10N2S/c1-3-4(5)2-7-6-3/h3-4,6H,2,5H2,1H3. The van der Waals surface area contributed by atoms with Crippen molar-refractivity contribution in [1.82, 2.24) is 4.72 Å². The Kier molecular flexibility index (Phi) is 1.57. The first-order valence-corrected chi connectivity index (χ1v) is 3.42. The molecule has 0 bridgehead atoms. The smallest absolute Gasteiger partial charge is 0.0305 e. The molecular weight excluding hydrogens is 108 g/mol. The molecule has 1 rings (SSSR count). The molecule has 0 aromatic heterocycles. The van der Waals surface area contributed by atoms with E-state index in [1.165, 1.54) is 0 Å². The van der Waals surface area contributed by atoms with E-state index >= 15 is 0 Å². The van der Waals surface area contributed by atoms with E-state index in [1.54, 1.807) is 11.9 Å². The first kappa shape index (κ1) is 5.41. The lowest BCUT2D eigenvalue weighted by atomic mass is 10.2. The lowest BCUT2D eigenvalue weighted by Gasteiger charge is -2.04. The summed E-state index contributed by atoms with van der Waals surface area (Å²) in [5.74, 6) is 1.06. The summed E-state index contributed by atoms with van der Waals surface area (Å²) in [5.41, 5.74) is 5.59. The summed E-state index contributed by atoms with van der Waals surface area (Å²) in [6.45, 7) is 2.10. The Balaban J connectivity index is 2.33. The fraction of sp³-hybridized carbons (Fsp3) is 1.00. The highest BCUT2D eigenvalue weighted by molar-refractivity contribution is 7.97. The second-order valence-corrected chi connectivity index (χ2v) is 2.74. The third kappa shape index (κ3) is 1.08. The van der Waals surface area contributed by atoms with Crippen molar-refractivity contribution < 1.29 is 0 Å². The van der Waals surface area contributed by atoms with E-state index in [1.807, 2.05) is 0 Å². The molecule has 0 radical (unpaired) electrons. The summed E-state index contributed by atoms with van der Waals surface area (Å²) in [6.07, 6.45) is 0. The van der Waals surface area contributed by atoms with Gasteiger partial charge in [0.1, 0.15) is 0 Å². The molecule has 1 aliphatic heterocycles. The summed E-state index contributed by atoms with van der Waals surface area (Å²) >= 11 is 1.72. The fourth-order valence-electron chi connectivity index (χ4n) is 0.508. The van der Waals surface area contributed by atoms with Crippen molar-refractivity contribution in [2.24, 2.45) is 5.73 Å². The maximum absolute atomic E-state index is 5.59. The molecule has 0 aliphatic carbocycles. The Hall–Kier alpha value is 0.270. The molecule has 2 atom stereocenters. The summed E-state index contributed by atoms with van der Waals surface area (Å²) < 4.78 is 3.16. The van der Waals surface area contributed by atoms with Gasteiger partial charge >= 0.3 is 0 Å². The monoisotopic (exact) mass is 118 g/mol. The SMILES string of the molecule is CC1NSCC1N. The molecule has 3 heteroatoms. The quantitative estimate of drug-likeness (QED) is 0.438. The van der Waals surface area contributed by atoms with E-state index in [4.69, 9.17) is 5.73 Å². The number of hydrogen-bond acceptors (Lipinski definition) is 3. The van der Waals surface area contributed by atoms with Crippen LogP contribution in [0.5, 0.6) is 0 Å². The van der Waals surface area contributed by atoms with E-state index < -0.39 is 0 Å². The van der Waals surface area contributed by atoms with Gasteiger partial charge in [0.05, 0.1) is 0 Å². The Morgan fingerprint density at radius 3 is 2.71 bits per heavy atom. The minimum absolute atomic E-state index is 0.366. The van der Waals surface area contributed by atoms with Crippen LogP contribution in [0.15, 0.2) is 0 Å². The summed E-state index contributed by atoms with van der Waals surface area (Å²) in [5, 5.41) is 0. The molecule has 1 aliphatic rings. The average molecular weight is 118 g/mol. The van der Waals surface area contributed by atoms with Crippen molar-refractivity contribution in [3.8, 4) is 0 Å². The highest BCUT2D eigenvalue weighted by Gasteiger charge is 2.18. The van der Waals surface area contributed by atoms with Crippen LogP contribution >= 0.6 is 11.9 Å². The van der Waals surface area contributed by atoms with Crippen LogP contribution in [-0.2, 0) is 0 Å². The molecular formula is C4H10N2S. The van der Waals surface area contributed by atoms with Crippen molar-refractivity contribution in [3.05, 3.63) is 0 Å². The molecule has 0 aromatic carbocycles. The van der Waals surface area contributed by atoms with E-state index in [9.17, 15) is 0 Å². The van der Waals surface area contributed by atoms with Crippen LogP contribution < -0.4 is 10.5 Å². The molecule has 1 saturated heterocycles. The van der Waals surface area contributed by atoms with E-state index in [-0.39, 0.29) is 0 Å². The van der Waals surface area contributed by atoms with Gasteiger partial charge in [-0.15, -0.1) is 0 Å². The van der Waals surface area contributed by atoms with Crippen LogP contribution in [0.25, 0.3) is 0 Å². The van der Waals surface area contributed by atoms with Gasteiger partial charge in [-0.1, -0.05) is 11.9 Å². The highest BCUT2D eigenvalue weighted by atomic mass is 32.2. The lowest BCUT2D eigenvalue weighted by Crippen LogP contribution is -2.34. The predicted octanol–water partition coefficient (Wildman–Crippen LogP) is -0.0464. The minimum atomic E-state index is 0.366. The zero-order valence-corrected chi connectivity index (χ0v) is 5.16. The lowest BCUT2D eigenvalue weighted by molar-refractivity contribution is 0.609. The number of nitrogens with one attached hydrogen (secondary N) is 1. The van der Waals surface area contributed by atoms with Crippen LogP contribution in [0.1, 0.15) is 6.92 Å². The fourth-order valence-corrected chi connectivity index (χ4v) is 1.52. The Bertz CT molecular complexity index is 58.7. The van der Waals surface area contributed by atoms with Gasteiger partial charge in [0.2, 0.25) is 0 Å².